The van der Waals surface area contributed by atoms with Gasteiger partial charge in [-0.3, -0.25) is 24.5 Å². The van der Waals surface area contributed by atoms with Crippen molar-refractivity contribution in [3.05, 3.63) is 90.9 Å². The molecule has 11 nitrogen and oxygen atoms in total. The Labute approximate surface area is 199 Å². The van der Waals surface area contributed by atoms with Gasteiger partial charge in [0, 0.05) is 6.54 Å². The summed E-state index contributed by atoms with van der Waals surface area (Å²) in [5.74, 6) is 0.757. The lowest BCUT2D eigenvalue weighted by atomic mass is 10.2. The highest BCUT2D eigenvalue weighted by atomic mass is 16.6. The molecule has 2 aromatic heterocycles. The number of methoxy groups -OCH3 is 1. The van der Waals surface area contributed by atoms with Gasteiger partial charge in [0.2, 0.25) is 0 Å². The first-order valence-corrected chi connectivity index (χ1v) is 11.1. The zero-order chi connectivity index (χ0) is 24.9. The van der Waals surface area contributed by atoms with Crippen LogP contribution in [0.25, 0.3) is 11.2 Å². The number of nitrogens with one attached hydrogen (secondary N) is 1. The highest BCUT2D eigenvalue weighted by Crippen LogP contribution is 2.31. The molecule has 35 heavy (non-hydrogen) atoms. The number of aromatic amines is 1. The van der Waals surface area contributed by atoms with E-state index in [1.54, 1.807) is 10.6 Å². The van der Waals surface area contributed by atoms with Gasteiger partial charge in [-0.15, -0.1) is 0 Å². The summed E-state index contributed by atoms with van der Waals surface area (Å²) in [5.41, 5.74) is 0.0137. The minimum Gasteiger partial charge on any atom is -0.496 e. The van der Waals surface area contributed by atoms with Gasteiger partial charge in [0.1, 0.15) is 18.2 Å². The number of aryl methyl sites for hydroxylation is 1. The zero-order valence-corrected chi connectivity index (χ0v) is 19.4. The molecule has 0 aliphatic rings. The number of aromatic nitrogens is 4. The van der Waals surface area contributed by atoms with E-state index >= 15 is 0 Å². The van der Waals surface area contributed by atoms with Crippen LogP contribution < -0.4 is 20.7 Å². The lowest BCUT2D eigenvalue weighted by Crippen LogP contribution is -2.31. The summed E-state index contributed by atoms with van der Waals surface area (Å²) < 4.78 is 14.0. The van der Waals surface area contributed by atoms with Crippen molar-refractivity contribution in [2.45, 2.75) is 39.5 Å². The van der Waals surface area contributed by atoms with Crippen LogP contribution >= 0.6 is 0 Å². The Morgan fingerprint density at radius 2 is 1.89 bits per heavy atom. The molecule has 1 N–H and O–H groups in total. The second-order valence-corrected chi connectivity index (χ2v) is 7.92. The van der Waals surface area contributed by atoms with E-state index in [-0.39, 0.29) is 35.8 Å². The predicted octanol–water partition coefficient (Wildman–Crippen LogP) is 3.23. The normalized spacial score (nSPS) is 11.0. The molecule has 0 amide bonds. The average molecular weight is 479 g/mol. The number of fused-ring (bicyclic) bond motifs is 1. The van der Waals surface area contributed by atoms with Crippen LogP contribution in [0.2, 0.25) is 0 Å². The number of ether oxygens (including phenoxy) is 2. The molecule has 2 heterocycles. The van der Waals surface area contributed by atoms with Crippen molar-refractivity contribution >= 4 is 16.9 Å². The SMILES string of the molecule is CCCCn1c(COc2ccc(OC)cc2[N+](=O)[O-])nc2c1c(=O)[nH]c(=O)n2Cc1ccccc1. The Hall–Kier alpha value is -4.41. The van der Waals surface area contributed by atoms with E-state index in [1.165, 1.54) is 23.8 Å². The molecule has 0 saturated carbocycles. The van der Waals surface area contributed by atoms with Crippen LogP contribution in [0, 0.1) is 10.1 Å². The number of nitro groups is 1. The molecule has 0 saturated heterocycles. The summed E-state index contributed by atoms with van der Waals surface area (Å²) in [7, 11) is 1.42. The monoisotopic (exact) mass is 479 g/mol. The molecule has 0 spiro atoms. The Morgan fingerprint density at radius 3 is 2.57 bits per heavy atom. The number of nitrogens with zero attached hydrogens (tertiary/aromatic N) is 4. The van der Waals surface area contributed by atoms with Gasteiger partial charge < -0.3 is 14.0 Å². The maximum Gasteiger partial charge on any atom is 0.330 e. The summed E-state index contributed by atoms with van der Waals surface area (Å²) >= 11 is 0. The van der Waals surface area contributed by atoms with Gasteiger partial charge in [-0.25, -0.2) is 9.78 Å². The zero-order valence-electron chi connectivity index (χ0n) is 19.4. The molecule has 182 valence electrons. The number of hydrogen-bond donors (Lipinski definition) is 1. The first-order chi connectivity index (χ1) is 16.9. The molecular weight excluding hydrogens is 454 g/mol. The molecule has 4 aromatic rings. The molecule has 0 unspecified atom stereocenters. The van der Waals surface area contributed by atoms with E-state index in [1.807, 2.05) is 37.3 Å². The van der Waals surface area contributed by atoms with Crippen molar-refractivity contribution in [2.75, 3.05) is 7.11 Å². The molecular formula is C24H25N5O6. The molecule has 4 rings (SSSR count). The molecule has 0 radical (unpaired) electrons. The third-order valence-corrected chi connectivity index (χ3v) is 5.60. The molecule has 2 aromatic carbocycles. The van der Waals surface area contributed by atoms with E-state index in [0.717, 1.165) is 18.4 Å². The smallest absolute Gasteiger partial charge is 0.330 e. The van der Waals surface area contributed by atoms with E-state index < -0.39 is 16.2 Å². The van der Waals surface area contributed by atoms with Gasteiger partial charge in [-0.2, -0.15) is 0 Å². The summed E-state index contributed by atoms with van der Waals surface area (Å²) in [6.45, 7) is 2.58. The topological polar surface area (TPSA) is 134 Å². The number of benzene rings is 2. The molecule has 11 heteroatoms. The van der Waals surface area contributed by atoms with E-state index in [2.05, 4.69) is 9.97 Å². The van der Waals surface area contributed by atoms with Crippen molar-refractivity contribution < 1.29 is 14.4 Å². The van der Waals surface area contributed by atoms with Gasteiger partial charge in [0.25, 0.3) is 5.56 Å². The number of rotatable bonds is 10. The third-order valence-electron chi connectivity index (χ3n) is 5.60. The highest BCUT2D eigenvalue weighted by Gasteiger charge is 2.21. The summed E-state index contributed by atoms with van der Waals surface area (Å²) in [6.07, 6.45) is 1.63. The first kappa shape index (κ1) is 23.7. The fourth-order valence-corrected chi connectivity index (χ4v) is 3.83. The van der Waals surface area contributed by atoms with Crippen molar-refractivity contribution in [1.82, 2.24) is 19.1 Å². The van der Waals surface area contributed by atoms with Crippen LogP contribution in [0.15, 0.2) is 58.1 Å². The average Bonchev–Trinajstić information content (AvgIpc) is 3.23. The Bertz CT molecular complexity index is 1470. The van der Waals surface area contributed by atoms with E-state index in [0.29, 0.717) is 18.1 Å². The minimum absolute atomic E-state index is 0.0421. The van der Waals surface area contributed by atoms with E-state index in [4.69, 9.17) is 9.47 Å². The number of imidazole rings is 1. The number of hydrogen-bond acceptors (Lipinski definition) is 7. The number of nitro benzene ring substituents is 1. The Balaban J connectivity index is 1.78. The molecule has 0 aliphatic heterocycles. The molecule has 0 bridgehead atoms. The van der Waals surface area contributed by atoms with Crippen LogP contribution in [0.3, 0.4) is 0 Å². The van der Waals surface area contributed by atoms with Crippen LogP contribution in [0.4, 0.5) is 5.69 Å². The largest absolute Gasteiger partial charge is 0.496 e. The summed E-state index contributed by atoms with van der Waals surface area (Å²) in [5, 5.41) is 11.5. The molecule has 0 fully saturated rings. The maximum absolute atomic E-state index is 12.8. The van der Waals surface area contributed by atoms with Gasteiger partial charge in [-0.05, 0) is 24.1 Å². The van der Waals surface area contributed by atoms with Crippen molar-refractivity contribution in [3.63, 3.8) is 0 Å². The predicted molar refractivity (Wildman–Crippen MR) is 129 cm³/mol. The Kier molecular flexibility index (Phi) is 6.95. The lowest BCUT2D eigenvalue weighted by Gasteiger charge is -2.10. The van der Waals surface area contributed by atoms with Crippen molar-refractivity contribution in [3.8, 4) is 11.5 Å². The minimum atomic E-state index is -0.565. The standard InChI is InChI=1S/C24H25N5O6/c1-3-4-12-27-20(15-35-19-11-10-17(34-2)13-18(19)29(32)33)25-22-21(27)23(30)26-24(31)28(22)14-16-8-6-5-7-9-16/h5-11,13H,3-4,12,14-15H2,1-2H3,(H,26,30,31). The summed E-state index contributed by atoms with van der Waals surface area (Å²) in [4.78, 5) is 43.5. The number of unbranched alkanes of at least 4 members (excludes halogenated alkanes) is 1. The second kappa shape index (κ2) is 10.2. The second-order valence-electron chi connectivity index (χ2n) is 7.92. The van der Waals surface area contributed by atoms with Crippen LogP contribution in [0.5, 0.6) is 11.5 Å². The Morgan fingerprint density at radius 1 is 1.11 bits per heavy atom. The fraction of sp³-hybridized carbons (Fsp3) is 0.292. The summed E-state index contributed by atoms with van der Waals surface area (Å²) in [6, 6.07) is 13.7. The van der Waals surface area contributed by atoms with Gasteiger partial charge in [-0.1, -0.05) is 43.7 Å². The third kappa shape index (κ3) is 4.93. The quantitative estimate of drug-likeness (QED) is 0.273. The fourth-order valence-electron chi connectivity index (χ4n) is 3.83. The lowest BCUT2D eigenvalue weighted by molar-refractivity contribution is -0.386. The van der Waals surface area contributed by atoms with Crippen molar-refractivity contribution in [1.29, 1.82) is 0 Å². The van der Waals surface area contributed by atoms with Crippen LogP contribution in [-0.4, -0.2) is 31.1 Å². The van der Waals surface area contributed by atoms with Gasteiger partial charge in [0.05, 0.1) is 24.6 Å². The van der Waals surface area contributed by atoms with Crippen molar-refractivity contribution in [2.24, 2.45) is 0 Å². The van der Waals surface area contributed by atoms with E-state index in [9.17, 15) is 19.7 Å². The van der Waals surface area contributed by atoms with Crippen LogP contribution in [0.1, 0.15) is 31.2 Å². The maximum atomic E-state index is 12.8. The first-order valence-electron chi connectivity index (χ1n) is 11.1. The number of H-pyrrole nitrogens is 1. The molecule has 0 aliphatic carbocycles. The molecule has 0 atom stereocenters. The van der Waals surface area contributed by atoms with Gasteiger partial charge in [0.15, 0.2) is 16.9 Å². The van der Waals surface area contributed by atoms with Crippen LogP contribution in [-0.2, 0) is 19.7 Å². The van der Waals surface area contributed by atoms with Gasteiger partial charge >= 0.3 is 11.4 Å². The highest BCUT2D eigenvalue weighted by molar-refractivity contribution is 5.71.